The molecule has 0 aliphatic heterocycles. The third kappa shape index (κ3) is 2.96. The summed E-state index contributed by atoms with van der Waals surface area (Å²) in [6.07, 6.45) is 1.82. The number of hydrogen-bond donors (Lipinski definition) is 1. The zero-order valence-corrected chi connectivity index (χ0v) is 10.4. The number of nitrogens with one attached hydrogen (secondary N) is 1. The van der Waals surface area contributed by atoms with Crippen LogP contribution in [0.5, 0.6) is 0 Å². The Labute approximate surface area is 107 Å². The maximum Gasteiger partial charge on any atom is 0.0991 e. The van der Waals surface area contributed by atoms with Crippen LogP contribution in [0.3, 0.4) is 0 Å². The van der Waals surface area contributed by atoms with Crippen molar-refractivity contribution in [2.75, 3.05) is 0 Å². The van der Waals surface area contributed by atoms with Crippen LogP contribution in [-0.4, -0.2) is 9.78 Å². The summed E-state index contributed by atoms with van der Waals surface area (Å²) in [5, 5.41) is 16.3. The number of nitrogens with zero attached hydrogens (tertiary/aromatic N) is 3. The first-order valence-corrected chi connectivity index (χ1v) is 6.04. The normalized spacial score (nSPS) is 10.2. The van der Waals surface area contributed by atoms with Gasteiger partial charge >= 0.3 is 0 Å². The molecule has 1 aromatic carbocycles. The number of rotatable bonds is 5. The highest BCUT2D eigenvalue weighted by atomic mass is 15.3. The summed E-state index contributed by atoms with van der Waals surface area (Å²) in [6, 6.07) is 11.8. The summed E-state index contributed by atoms with van der Waals surface area (Å²) < 4.78 is 1.98. The number of benzene rings is 1. The smallest absolute Gasteiger partial charge is 0.0991 e. The second kappa shape index (κ2) is 5.99. The summed E-state index contributed by atoms with van der Waals surface area (Å²) in [5.74, 6) is 0. The summed E-state index contributed by atoms with van der Waals surface area (Å²) >= 11 is 0. The summed E-state index contributed by atoms with van der Waals surface area (Å²) in [4.78, 5) is 0. The van der Waals surface area contributed by atoms with Gasteiger partial charge < -0.3 is 5.32 Å². The molecule has 0 fully saturated rings. The van der Waals surface area contributed by atoms with Gasteiger partial charge in [-0.15, -0.1) is 0 Å². The van der Waals surface area contributed by atoms with Crippen molar-refractivity contribution in [1.82, 2.24) is 15.1 Å². The van der Waals surface area contributed by atoms with Gasteiger partial charge in [-0.2, -0.15) is 10.4 Å². The average Bonchev–Trinajstić information content (AvgIpc) is 2.87. The quantitative estimate of drug-likeness (QED) is 0.870. The number of hydrogen-bond acceptors (Lipinski definition) is 3. The highest BCUT2D eigenvalue weighted by Gasteiger charge is 2.00. The molecule has 0 unspecified atom stereocenters. The Hall–Kier alpha value is -2.12. The maximum absolute atomic E-state index is 8.71. The van der Waals surface area contributed by atoms with Crippen molar-refractivity contribution in [3.05, 3.63) is 53.3 Å². The van der Waals surface area contributed by atoms with E-state index in [0.29, 0.717) is 5.56 Å². The lowest BCUT2D eigenvalue weighted by Crippen LogP contribution is -2.16. The molecule has 4 heteroatoms. The van der Waals surface area contributed by atoms with Crippen LogP contribution < -0.4 is 5.32 Å². The number of nitriles is 1. The summed E-state index contributed by atoms with van der Waals surface area (Å²) in [6.45, 7) is 4.56. The van der Waals surface area contributed by atoms with Crippen LogP contribution in [0.25, 0.3) is 0 Å². The van der Waals surface area contributed by atoms with Gasteiger partial charge in [-0.3, -0.25) is 4.68 Å². The lowest BCUT2D eigenvalue weighted by Gasteiger charge is -2.07. The van der Waals surface area contributed by atoms with Gasteiger partial charge in [-0.25, -0.2) is 0 Å². The third-order valence-electron chi connectivity index (χ3n) is 2.82. The summed E-state index contributed by atoms with van der Waals surface area (Å²) in [7, 11) is 0. The van der Waals surface area contributed by atoms with Crippen molar-refractivity contribution in [2.45, 2.75) is 26.6 Å². The fraction of sp³-hybridized carbons (Fsp3) is 0.286. The minimum absolute atomic E-state index is 0.697. The monoisotopic (exact) mass is 240 g/mol. The van der Waals surface area contributed by atoms with Crippen LogP contribution in [0, 0.1) is 11.3 Å². The predicted octanol–water partition coefficient (Wildman–Crippen LogP) is 2.06. The minimum Gasteiger partial charge on any atom is -0.307 e. The first kappa shape index (κ1) is 12.3. The minimum atomic E-state index is 0.697. The Balaban J connectivity index is 1.87. The van der Waals surface area contributed by atoms with Crippen LogP contribution in [0.1, 0.15) is 23.7 Å². The van der Waals surface area contributed by atoms with Crippen LogP contribution in [-0.2, 0) is 19.6 Å². The molecule has 0 bridgehead atoms. The molecule has 0 amide bonds. The SMILES string of the molecule is CCn1nccc1CNCc1ccc(C#N)cc1. The molecule has 0 aliphatic carbocycles. The van der Waals surface area contributed by atoms with Crippen molar-refractivity contribution >= 4 is 0 Å². The second-order valence-electron chi connectivity index (χ2n) is 4.05. The fourth-order valence-electron chi connectivity index (χ4n) is 1.83. The lowest BCUT2D eigenvalue weighted by molar-refractivity contribution is 0.581. The predicted molar refractivity (Wildman–Crippen MR) is 69.6 cm³/mol. The van der Waals surface area contributed by atoms with E-state index in [-0.39, 0.29) is 0 Å². The van der Waals surface area contributed by atoms with E-state index in [2.05, 4.69) is 23.4 Å². The largest absolute Gasteiger partial charge is 0.307 e. The molecule has 2 rings (SSSR count). The molecule has 0 saturated carbocycles. The van der Waals surface area contributed by atoms with Gasteiger partial charge in [0.2, 0.25) is 0 Å². The Morgan fingerprint density at radius 3 is 2.67 bits per heavy atom. The lowest BCUT2D eigenvalue weighted by atomic mass is 10.1. The molecular weight excluding hydrogens is 224 g/mol. The van der Waals surface area contributed by atoms with Gasteiger partial charge in [-0.1, -0.05) is 12.1 Å². The van der Waals surface area contributed by atoms with Crippen LogP contribution >= 0.6 is 0 Å². The molecule has 0 radical (unpaired) electrons. The van der Waals surface area contributed by atoms with E-state index in [1.54, 1.807) is 0 Å². The van der Waals surface area contributed by atoms with Crippen molar-refractivity contribution in [3.8, 4) is 6.07 Å². The number of aryl methyl sites for hydroxylation is 1. The molecule has 0 spiro atoms. The van der Waals surface area contributed by atoms with E-state index in [1.807, 2.05) is 41.2 Å². The maximum atomic E-state index is 8.71. The van der Waals surface area contributed by atoms with E-state index in [0.717, 1.165) is 19.6 Å². The van der Waals surface area contributed by atoms with E-state index in [4.69, 9.17) is 5.26 Å². The Bertz CT molecular complexity index is 534. The molecule has 0 aliphatic rings. The molecule has 1 N–H and O–H groups in total. The highest BCUT2D eigenvalue weighted by Crippen LogP contribution is 2.04. The standard InChI is InChI=1S/C14H16N4/c1-2-18-14(7-8-17-18)11-16-10-13-5-3-12(9-15)4-6-13/h3-8,16H,2,10-11H2,1H3. The zero-order valence-electron chi connectivity index (χ0n) is 10.4. The van der Waals surface area contributed by atoms with Gasteiger partial charge in [0, 0.05) is 25.8 Å². The molecule has 1 heterocycles. The molecule has 0 saturated heterocycles. The van der Waals surface area contributed by atoms with Crippen molar-refractivity contribution in [2.24, 2.45) is 0 Å². The van der Waals surface area contributed by atoms with E-state index < -0.39 is 0 Å². The van der Waals surface area contributed by atoms with Crippen molar-refractivity contribution in [1.29, 1.82) is 5.26 Å². The van der Waals surface area contributed by atoms with Crippen LogP contribution in [0.4, 0.5) is 0 Å². The fourth-order valence-corrected chi connectivity index (χ4v) is 1.83. The second-order valence-corrected chi connectivity index (χ2v) is 4.05. The molecular formula is C14H16N4. The Morgan fingerprint density at radius 1 is 1.22 bits per heavy atom. The van der Waals surface area contributed by atoms with Gasteiger partial charge in [-0.05, 0) is 30.7 Å². The Morgan fingerprint density at radius 2 is 2.00 bits per heavy atom. The van der Waals surface area contributed by atoms with Gasteiger partial charge in [0.25, 0.3) is 0 Å². The third-order valence-corrected chi connectivity index (χ3v) is 2.82. The molecule has 2 aromatic rings. The van der Waals surface area contributed by atoms with Crippen molar-refractivity contribution in [3.63, 3.8) is 0 Å². The highest BCUT2D eigenvalue weighted by molar-refractivity contribution is 5.31. The number of aromatic nitrogens is 2. The Kier molecular flexibility index (Phi) is 4.11. The molecule has 4 nitrogen and oxygen atoms in total. The molecule has 92 valence electrons. The van der Waals surface area contributed by atoms with E-state index >= 15 is 0 Å². The average molecular weight is 240 g/mol. The van der Waals surface area contributed by atoms with Crippen molar-refractivity contribution < 1.29 is 0 Å². The van der Waals surface area contributed by atoms with E-state index in [1.165, 1.54) is 11.3 Å². The first-order chi connectivity index (χ1) is 8.83. The van der Waals surface area contributed by atoms with Gasteiger partial charge in [0.15, 0.2) is 0 Å². The first-order valence-electron chi connectivity index (χ1n) is 6.04. The molecule has 1 aromatic heterocycles. The molecule has 0 atom stereocenters. The van der Waals surface area contributed by atoms with Crippen LogP contribution in [0.15, 0.2) is 36.5 Å². The topological polar surface area (TPSA) is 53.6 Å². The van der Waals surface area contributed by atoms with E-state index in [9.17, 15) is 0 Å². The summed E-state index contributed by atoms with van der Waals surface area (Å²) in [5.41, 5.74) is 3.06. The zero-order chi connectivity index (χ0) is 12.8. The van der Waals surface area contributed by atoms with Crippen LogP contribution in [0.2, 0.25) is 0 Å². The molecule has 18 heavy (non-hydrogen) atoms. The van der Waals surface area contributed by atoms with Gasteiger partial charge in [0.05, 0.1) is 17.3 Å². The van der Waals surface area contributed by atoms with Gasteiger partial charge in [0.1, 0.15) is 0 Å².